The van der Waals surface area contributed by atoms with Gasteiger partial charge in [-0.05, 0) is 36.6 Å². The lowest BCUT2D eigenvalue weighted by Gasteiger charge is -2.08. The van der Waals surface area contributed by atoms with E-state index in [0.717, 1.165) is 6.42 Å². The molecule has 1 saturated carbocycles. The Morgan fingerprint density at radius 2 is 2.00 bits per heavy atom. The molecule has 2 amide bonds. The molecule has 1 aliphatic rings. The molecule has 2 atom stereocenters. The molecule has 0 aromatic heterocycles. The van der Waals surface area contributed by atoms with Gasteiger partial charge in [-0.25, -0.2) is 0 Å². The highest BCUT2D eigenvalue weighted by atomic mass is 16.5. The molecule has 1 aromatic carbocycles. The number of nitrogens with one attached hydrogen (secondary N) is 2. The van der Waals surface area contributed by atoms with Gasteiger partial charge >= 0.3 is 0 Å². The van der Waals surface area contributed by atoms with E-state index in [1.165, 1.54) is 0 Å². The quantitative estimate of drug-likeness (QED) is 0.791. The number of nitrogens with zero attached hydrogens (tertiary/aromatic N) is 1. The van der Waals surface area contributed by atoms with Crippen LogP contribution in [0.15, 0.2) is 24.3 Å². The molecular weight excluding hydrogens is 258 g/mol. The Bertz CT molecular complexity index is 548. The predicted molar refractivity (Wildman–Crippen MR) is 70.2 cm³/mol. The van der Waals surface area contributed by atoms with Gasteiger partial charge < -0.3 is 4.74 Å². The van der Waals surface area contributed by atoms with Gasteiger partial charge in [0.2, 0.25) is 5.91 Å². The fourth-order valence-corrected chi connectivity index (χ4v) is 1.72. The van der Waals surface area contributed by atoms with Crippen LogP contribution in [0.4, 0.5) is 0 Å². The summed E-state index contributed by atoms with van der Waals surface area (Å²) in [6.07, 6.45) is 0.865. The molecule has 2 rings (SSSR count). The van der Waals surface area contributed by atoms with Crippen molar-refractivity contribution in [3.05, 3.63) is 29.8 Å². The van der Waals surface area contributed by atoms with Crippen LogP contribution in [0.5, 0.6) is 5.75 Å². The average Bonchev–Trinajstić information content (AvgIpc) is 3.20. The summed E-state index contributed by atoms with van der Waals surface area (Å²) in [5.74, 6) is 0.290. The number of amides is 2. The first-order chi connectivity index (χ1) is 9.60. The summed E-state index contributed by atoms with van der Waals surface area (Å²) in [6.45, 7) is 1.78. The molecule has 0 aliphatic heterocycles. The normalized spacial score (nSPS) is 19.6. The second-order valence-corrected chi connectivity index (χ2v) is 4.78. The lowest BCUT2D eigenvalue weighted by atomic mass is 10.2. The standard InChI is InChI=1S/C14H15N3O3/c1-9-6-12(9)14(19)17-16-13(18)8-20-11-4-2-10(7-15)3-5-11/h2-5,9,12H,6,8H2,1H3,(H,16,18)(H,17,19). The van der Waals surface area contributed by atoms with Crippen LogP contribution in [-0.4, -0.2) is 18.4 Å². The van der Waals surface area contributed by atoms with E-state index in [1.807, 2.05) is 13.0 Å². The smallest absolute Gasteiger partial charge is 0.276 e. The molecule has 1 fully saturated rings. The summed E-state index contributed by atoms with van der Waals surface area (Å²) in [6, 6.07) is 8.41. The number of carbonyl (C=O) groups is 2. The summed E-state index contributed by atoms with van der Waals surface area (Å²) < 4.78 is 5.22. The van der Waals surface area contributed by atoms with E-state index in [9.17, 15) is 9.59 Å². The molecule has 0 saturated heterocycles. The highest BCUT2D eigenvalue weighted by Gasteiger charge is 2.39. The van der Waals surface area contributed by atoms with Crippen LogP contribution in [0, 0.1) is 23.2 Å². The van der Waals surface area contributed by atoms with E-state index >= 15 is 0 Å². The van der Waals surface area contributed by atoms with E-state index in [-0.39, 0.29) is 18.4 Å². The fraction of sp³-hybridized carbons (Fsp3) is 0.357. The van der Waals surface area contributed by atoms with Crippen LogP contribution in [0.1, 0.15) is 18.9 Å². The van der Waals surface area contributed by atoms with Gasteiger partial charge in [0.1, 0.15) is 5.75 Å². The van der Waals surface area contributed by atoms with Crippen molar-refractivity contribution >= 4 is 11.8 Å². The molecule has 0 spiro atoms. The van der Waals surface area contributed by atoms with Crippen LogP contribution < -0.4 is 15.6 Å². The second-order valence-electron chi connectivity index (χ2n) is 4.78. The van der Waals surface area contributed by atoms with Gasteiger partial charge in [0.15, 0.2) is 6.61 Å². The predicted octanol–water partition coefficient (Wildman–Crippen LogP) is 0.740. The Hall–Kier alpha value is -2.55. The SMILES string of the molecule is CC1CC1C(=O)NNC(=O)COc1ccc(C#N)cc1. The number of rotatable bonds is 4. The average molecular weight is 273 g/mol. The molecule has 104 valence electrons. The highest BCUT2D eigenvalue weighted by Crippen LogP contribution is 2.37. The lowest BCUT2D eigenvalue weighted by molar-refractivity contribution is -0.130. The second kappa shape index (κ2) is 6.06. The molecule has 0 heterocycles. The number of ether oxygens (including phenoxy) is 1. The number of benzene rings is 1. The number of hydrogen-bond acceptors (Lipinski definition) is 4. The molecule has 0 bridgehead atoms. The summed E-state index contributed by atoms with van der Waals surface area (Å²) >= 11 is 0. The first-order valence-corrected chi connectivity index (χ1v) is 6.32. The first-order valence-electron chi connectivity index (χ1n) is 6.32. The van der Waals surface area contributed by atoms with Crippen molar-refractivity contribution in [2.75, 3.05) is 6.61 Å². The van der Waals surface area contributed by atoms with E-state index in [1.54, 1.807) is 24.3 Å². The first kappa shape index (κ1) is 13.9. The molecular formula is C14H15N3O3. The minimum absolute atomic E-state index is 0.00902. The zero-order valence-electron chi connectivity index (χ0n) is 11.1. The van der Waals surface area contributed by atoms with Crippen molar-refractivity contribution in [1.82, 2.24) is 10.9 Å². The minimum Gasteiger partial charge on any atom is -0.484 e. The van der Waals surface area contributed by atoms with Gasteiger partial charge in [0.05, 0.1) is 11.6 Å². The van der Waals surface area contributed by atoms with Crippen LogP contribution in [0.3, 0.4) is 0 Å². The zero-order valence-corrected chi connectivity index (χ0v) is 11.1. The zero-order chi connectivity index (χ0) is 14.5. The minimum atomic E-state index is -0.434. The van der Waals surface area contributed by atoms with Crippen molar-refractivity contribution in [3.63, 3.8) is 0 Å². The van der Waals surface area contributed by atoms with Crippen LogP contribution >= 0.6 is 0 Å². The molecule has 20 heavy (non-hydrogen) atoms. The Labute approximate surface area is 116 Å². The van der Waals surface area contributed by atoms with Gasteiger partial charge in [0.25, 0.3) is 5.91 Å². The summed E-state index contributed by atoms with van der Waals surface area (Å²) in [7, 11) is 0. The number of carbonyl (C=O) groups excluding carboxylic acids is 2. The third kappa shape index (κ3) is 3.72. The summed E-state index contributed by atoms with van der Waals surface area (Å²) in [5.41, 5.74) is 5.19. The maximum absolute atomic E-state index is 11.5. The van der Waals surface area contributed by atoms with Gasteiger partial charge in [-0.2, -0.15) is 5.26 Å². The monoisotopic (exact) mass is 273 g/mol. The van der Waals surface area contributed by atoms with Crippen molar-refractivity contribution in [1.29, 1.82) is 5.26 Å². The van der Waals surface area contributed by atoms with Crippen LogP contribution in [0.2, 0.25) is 0 Å². The topological polar surface area (TPSA) is 91.2 Å². The van der Waals surface area contributed by atoms with Gasteiger partial charge in [-0.3, -0.25) is 20.4 Å². The molecule has 2 unspecified atom stereocenters. The lowest BCUT2D eigenvalue weighted by Crippen LogP contribution is -2.44. The third-order valence-corrected chi connectivity index (χ3v) is 3.12. The summed E-state index contributed by atoms with van der Waals surface area (Å²) in [5, 5.41) is 8.64. The Morgan fingerprint density at radius 1 is 1.35 bits per heavy atom. The Kier molecular flexibility index (Phi) is 4.20. The Morgan fingerprint density at radius 3 is 2.55 bits per heavy atom. The van der Waals surface area contributed by atoms with Crippen LogP contribution in [0.25, 0.3) is 0 Å². The molecule has 1 aliphatic carbocycles. The van der Waals surface area contributed by atoms with E-state index in [4.69, 9.17) is 10.00 Å². The maximum atomic E-state index is 11.5. The molecule has 1 aromatic rings. The summed E-state index contributed by atoms with van der Waals surface area (Å²) in [4.78, 5) is 22.9. The largest absolute Gasteiger partial charge is 0.484 e. The van der Waals surface area contributed by atoms with E-state index in [0.29, 0.717) is 17.2 Å². The van der Waals surface area contributed by atoms with Crippen molar-refractivity contribution in [2.45, 2.75) is 13.3 Å². The van der Waals surface area contributed by atoms with E-state index in [2.05, 4.69) is 10.9 Å². The van der Waals surface area contributed by atoms with Gasteiger partial charge in [-0.1, -0.05) is 6.92 Å². The third-order valence-electron chi connectivity index (χ3n) is 3.12. The van der Waals surface area contributed by atoms with E-state index < -0.39 is 5.91 Å². The Balaban J connectivity index is 1.69. The molecule has 0 radical (unpaired) electrons. The van der Waals surface area contributed by atoms with Crippen molar-refractivity contribution < 1.29 is 14.3 Å². The number of nitriles is 1. The maximum Gasteiger partial charge on any atom is 0.276 e. The van der Waals surface area contributed by atoms with Crippen molar-refractivity contribution in [3.8, 4) is 11.8 Å². The molecule has 2 N–H and O–H groups in total. The highest BCUT2D eigenvalue weighted by molar-refractivity contribution is 5.85. The molecule has 6 heteroatoms. The van der Waals surface area contributed by atoms with Crippen molar-refractivity contribution in [2.24, 2.45) is 11.8 Å². The fourth-order valence-electron chi connectivity index (χ4n) is 1.72. The van der Waals surface area contributed by atoms with Gasteiger partial charge in [0, 0.05) is 5.92 Å². The molecule has 6 nitrogen and oxygen atoms in total. The number of hydrazine groups is 1. The number of hydrogen-bond donors (Lipinski definition) is 2. The van der Waals surface area contributed by atoms with Gasteiger partial charge in [-0.15, -0.1) is 0 Å². The van der Waals surface area contributed by atoms with Crippen LogP contribution in [-0.2, 0) is 9.59 Å².